The summed E-state index contributed by atoms with van der Waals surface area (Å²) < 4.78 is 0. The van der Waals surface area contributed by atoms with Gasteiger partial charge < -0.3 is 10.2 Å². The molecule has 0 aromatic carbocycles. The molecule has 98 valence electrons. The first-order valence-corrected chi connectivity index (χ1v) is 6.19. The second-order valence-corrected chi connectivity index (χ2v) is 4.74. The van der Waals surface area contributed by atoms with Crippen LogP contribution in [0.2, 0.25) is 0 Å². The third-order valence-electron chi connectivity index (χ3n) is 3.32. The van der Waals surface area contributed by atoms with E-state index in [-0.39, 0.29) is 5.91 Å². The van der Waals surface area contributed by atoms with Crippen LogP contribution in [0.3, 0.4) is 0 Å². The summed E-state index contributed by atoms with van der Waals surface area (Å²) in [6.07, 6.45) is 5.96. The number of pyridine rings is 1. The number of carbonyl (C=O) groups excluding carboxylic acids is 1. The molecule has 0 unspecified atom stereocenters. The molecule has 2 aromatic heterocycles. The fourth-order valence-electron chi connectivity index (χ4n) is 2.35. The van der Waals surface area contributed by atoms with Gasteiger partial charge in [-0.15, -0.1) is 0 Å². The van der Waals surface area contributed by atoms with E-state index in [9.17, 15) is 4.79 Å². The molecule has 0 radical (unpaired) electrons. The standard InChI is InChI=1S/C13H15N5O/c1-18-5-3-10-9(8-18)6-14-7-11(10)13(19)16-12-2-4-15-17-12/h2,4,6-7H,3,5,8H2,1H3,(H2,15,16,17,19). The number of H-pyrrole nitrogens is 1. The lowest BCUT2D eigenvalue weighted by molar-refractivity contribution is 0.102. The van der Waals surface area contributed by atoms with Gasteiger partial charge in [0.25, 0.3) is 5.91 Å². The van der Waals surface area contributed by atoms with Gasteiger partial charge in [-0.25, -0.2) is 0 Å². The van der Waals surface area contributed by atoms with E-state index in [4.69, 9.17) is 0 Å². The number of rotatable bonds is 2. The summed E-state index contributed by atoms with van der Waals surface area (Å²) in [6, 6.07) is 1.72. The number of aromatic nitrogens is 3. The highest BCUT2D eigenvalue weighted by atomic mass is 16.1. The predicted octanol–water partition coefficient (Wildman–Crippen LogP) is 1.04. The van der Waals surface area contributed by atoms with Gasteiger partial charge in [-0.1, -0.05) is 0 Å². The van der Waals surface area contributed by atoms with Crippen molar-refractivity contribution in [1.82, 2.24) is 20.1 Å². The van der Waals surface area contributed by atoms with Crippen molar-refractivity contribution in [2.45, 2.75) is 13.0 Å². The van der Waals surface area contributed by atoms with Crippen molar-refractivity contribution in [2.75, 3.05) is 18.9 Å². The number of nitrogens with one attached hydrogen (secondary N) is 2. The number of hydrogen-bond donors (Lipinski definition) is 2. The molecule has 1 aliphatic rings. The lowest BCUT2D eigenvalue weighted by atomic mass is 9.97. The predicted molar refractivity (Wildman–Crippen MR) is 70.8 cm³/mol. The van der Waals surface area contributed by atoms with Crippen LogP contribution in [0.1, 0.15) is 21.5 Å². The van der Waals surface area contributed by atoms with E-state index in [2.05, 4.69) is 32.4 Å². The molecule has 2 aromatic rings. The Morgan fingerprint density at radius 1 is 1.47 bits per heavy atom. The molecule has 0 atom stereocenters. The number of carbonyl (C=O) groups is 1. The van der Waals surface area contributed by atoms with Crippen LogP contribution < -0.4 is 5.32 Å². The second kappa shape index (κ2) is 4.81. The van der Waals surface area contributed by atoms with E-state index in [1.54, 1.807) is 18.5 Å². The van der Waals surface area contributed by atoms with Crippen LogP contribution in [0.15, 0.2) is 24.7 Å². The van der Waals surface area contributed by atoms with Gasteiger partial charge in [0, 0.05) is 31.5 Å². The lowest BCUT2D eigenvalue weighted by Gasteiger charge is -2.25. The average Bonchev–Trinajstić information content (AvgIpc) is 2.90. The van der Waals surface area contributed by atoms with Gasteiger partial charge in [-0.05, 0) is 24.6 Å². The van der Waals surface area contributed by atoms with E-state index in [0.717, 1.165) is 30.6 Å². The van der Waals surface area contributed by atoms with E-state index in [1.165, 1.54) is 0 Å². The van der Waals surface area contributed by atoms with Crippen molar-refractivity contribution >= 4 is 11.7 Å². The zero-order valence-electron chi connectivity index (χ0n) is 10.7. The third kappa shape index (κ3) is 2.34. The highest BCUT2D eigenvalue weighted by molar-refractivity contribution is 6.04. The van der Waals surface area contributed by atoms with E-state index < -0.39 is 0 Å². The molecular weight excluding hydrogens is 242 g/mol. The molecule has 3 rings (SSSR count). The average molecular weight is 257 g/mol. The van der Waals surface area contributed by atoms with Gasteiger partial charge in [0.2, 0.25) is 0 Å². The number of anilines is 1. The summed E-state index contributed by atoms with van der Waals surface area (Å²) in [6.45, 7) is 1.80. The van der Waals surface area contributed by atoms with Gasteiger partial charge in [0.15, 0.2) is 0 Å². The molecule has 0 spiro atoms. The van der Waals surface area contributed by atoms with Gasteiger partial charge in [0.05, 0.1) is 11.8 Å². The fourth-order valence-corrected chi connectivity index (χ4v) is 2.35. The second-order valence-electron chi connectivity index (χ2n) is 4.74. The van der Waals surface area contributed by atoms with Crippen molar-refractivity contribution in [3.63, 3.8) is 0 Å². The Hall–Kier alpha value is -2.21. The summed E-state index contributed by atoms with van der Waals surface area (Å²) in [4.78, 5) is 18.6. The maximum atomic E-state index is 12.3. The van der Waals surface area contributed by atoms with E-state index in [1.807, 2.05) is 6.20 Å². The summed E-state index contributed by atoms with van der Waals surface area (Å²) in [5.74, 6) is 0.452. The molecule has 0 saturated carbocycles. The largest absolute Gasteiger partial charge is 0.307 e. The number of fused-ring (bicyclic) bond motifs is 1. The molecule has 3 heterocycles. The summed E-state index contributed by atoms with van der Waals surface area (Å²) in [5, 5.41) is 9.31. The minimum atomic E-state index is -0.141. The van der Waals surface area contributed by atoms with Crippen LogP contribution in [-0.4, -0.2) is 39.6 Å². The zero-order chi connectivity index (χ0) is 13.2. The van der Waals surface area contributed by atoms with Crippen LogP contribution in [0.4, 0.5) is 5.82 Å². The van der Waals surface area contributed by atoms with Crippen molar-refractivity contribution in [3.05, 3.63) is 41.3 Å². The molecular formula is C13H15N5O. The molecule has 0 fully saturated rings. The lowest BCUT2D eigenvalue weighted by Crippen LogP contribution is -2.29. The maximum absolute atomic E-state index is 12.3. The maximum Gasteiger partial charge on any atom is 0.258 e. The third-order valence-corrected chi connectivity index (χ3v) is 3.32. The Balaban J connectivity index is 1.89. The van der Waals surface area contributed by atoms with E-state index in [0.29, 0.717) is 11.4 Å². The Bertz CT molecular complexity index is 593. The normalized spacial score (nSPS) is 15.0. The van der Waals surface area contributed by atoms with Crippen molar-refractivity contribution in [3.8, 4) is 0 Å². The smallest absolute Gasteiger partial charge is 0.258 e. The Morgan fingerprint density at radius 3 is 3.16 bits per heavy atom. The fraction of sp³-hybridized carbons (Fsp3) is 0.308. The van der Waals surface area contributed by atoms with Crippen LogP contribution in [-0.2, 0) is 13.0 Å². The SMILES string of the molecule is CN1CCc2c(cncc2C(=O)Nc2ccn[nH]2)C1. The summed E-state index contributed by atoms with van der Waals surface area (Å²) >= 11 is 0. The molecule has 0 bridgehead atoms. The topological polar surface area (TPSA) is 73.9 Å². The molecule has 2 N–H and O–H groups in total. The summed E-state index contributed by atoms with van der Waals surface area (Å²) in [5.41, 5.74) is 2.89. The summed E-state index contributed by atoms with van der Waals surface area (Å²) in [7, 11) is 2.07. The van der Waals surface area contributed by atoms with Gasteiger partial charge in [0.1, 0.15) is 5.82 Å². The first kappa shape index (κ1) is 11.9. The minimum Gasteiger partial charge on any atom is -0.307 e. The molecule has 0 saturated heterocycles. The number of likely N-dealkylation sites (N-methyl/N-ethyl adjacent to an activating group) is 1. The monoisotopic (exact) mass is 257 g/mol. The number of hydrogen-bond acceptors (Lipinski definition) is 4. The molecule has 6 heteroatoms. The molecule has 1 aliphatic heterocycles. The number of amides is 1. The highest BCUT2D eigenvalue weighted by Gasteiger charge is 2.20. The molecule has 1 amide bonds. The van der Waals surface area contributed by atoms with E-state index >= 15 is 0 Å². The zero-order valence-corrected chi connectivity index (χ0v) is 10.7. The van der Waals surface area contributed by atoms with Crippen LogP contribution in [0.25, 0.3) is 0 Å². The first-order chi connectivity index (χ1) is 9.24. The Morgan fingerprint density at radius 2 is 2.37 bits per heavy atom. The van der Waals surface area contributed by atoms with Crippen molar-refractivity contribution in [2.24, 2.45) is 0 Å². The molecule has 0 aliphatic carbocycles. The number of aromatic amines is 1. The van der Waals surface area contributed by atoms with Crippen LogP contribution in [0, 0.1) is 0 Å². The number of nitrogens with zero attached hydrogens (tertiary/aromatic N) is 3. The quantitative estimate of drug-likeness (QED) is 0.843. The van der Waals surface area contributed by atoms with Gasteiger partial charge in [-0.2, -0.15) is 5.10 Å². The van der Waals surface area contributed by atoms with Gasteiger partial charge >= 0.3 is 0 Å². The molecule has 19 heavy (non-hydrogen) atoms. The minimum absolute atomic E-state index is 0.141. The van der Waals surface area contributed by atoms with Gasteiger partial charge in [-0.3, -0.25) is 14.9 Å². The molecule has 6 nitrogen and oxygen atoms in total. The first-order valence-electron chi connectivity index (χ1n) is 6.19. The Kier molecular flexibility index (Phi) is 3.00. The highest BCUT2D eigenvalue weighted by Crippen LogP contribution is 2.21. The Labute approximate surface area is 110 Å². The van der Waals surface area contributed by atoms with Crippen LogP contribution in [0.5, 0.6) is 0 Å². The van der Waals surface area contributed by atoms with Crippen LogP contribution >= 0.6 is 0 Å². The van der Waals surface area contributed by atoms with Crippen molar-refractivity contribution in [1.29, 1.82) is 0 Å². The van der Waals surface area contributed by atoms with Crippen molar-refractivity contribution < 1.29 is 4.79 Å².